The second-order valence-corrected chi connectivity index (χ2v) is 3.01. The van der Waals surface area contributed by atoms with Crippen molar-refractivity contribution in [2.24, 2.45) is 0 Å². The van der Waals surface area contributed by atoms with Gasteiger partial charge in [-0.3, -0.25) is 4.98 Å². The number of allylic oxidation sites excluding steroid dienone is 1. The van der Waals surface area contributed by atoms with Crippen LogP contribution in [-0.2, 0) is 5.67 Å². The van der Waals surface area contributed by atoms with Crippen LogP contribution in [0.25, 0.3) is 0 Å². The SMILES string of the molecule is C=CCC(F)(c1ccccn1)C(F)(F)F. The highest BCUT2D eigenvalue weighted by molar-refractivity contribution is 5.17. The highest BCUT2D eigenvalue weighted by Gasteiger charge is 2.57. The molecule has 1 rings (SSSR count). The summed E-state index contributed by atoms with van der Waals surface area (Å²) < 4.78 is 51.3. The van der Waals surface area contributed by atoms with Gasteiger partial charge in [0, 0.05) is 12.6 Å². The van der Waals surface area contributed by atoms with Gasteiger partial charge in [-0.2, -0.15) is 13.2 Å². The number of halogens is 4. The fraction of sp³-hybridized carbons (Fsp3) is 0.300. The van der Waals surface area contributed by atoms with E-state index < -0.39 is 24.0 Å². The van der Waals surface area contributed by atoms with E-state index in [2.05, 4.69) is 11.6 Å². The molecular weight excluding hydrogens is 210 g/mol. The molecule has 1 nitrogen and oxygen atoms in total. The molecule has 0 radical (unpaired) electrons. The minimum atomic E-state index is -4.99. The zero-order valence-corrected chi connectivity index (χ0v) is 7.76. The standard InChI is InChI=1S/C10H9F4N/c1-2-6-9(11,10(12,13)14)8-5-3-4-7-15-8/h2-5,7H,1,6H2. The average molecular weight is 219 g/mol. The predicted molar refractivity (Wildman–Crippen MR) is 47.9 cm³/mol. The molecule has 15 heavy (non-hydrogen) atoms. The maximum Gasteiger partial charge on any atom is 0.428 e. The molecule has 1 aromatic rings. The van der Waals surface area contributed by atoms with Crippen molar-refractivity contribution in [1.29, 1.82) is 0 Å². The Morgan fingerprint density at radius 2 is 1.93 bits per heavy atom. The van der Waals surface area contributed by atoms with Crippen LogP contribution < -0.4 is 0 Å². The number of nitrogens with zero attached hydrogens (tertiary/aromatic N) is 1. The normalized spacial score (nSPS) is 15.7. The molecule has 1 unspecified atom stereocenters. The second-order valence-electron chi connectivity index (χ2n) is 3.01. The van der Waals surface area contributed by atoms with E-state index in [1.807, 2.05) is 0 Å². The van der Waals surface area contributed by atoms with E-state index in [1.54, 1.807) is 0 Å². The van der Waals surface area contributed by atoms with Crippen LogP contribution in [0.4, 0.5) is 17.6 Å². The third-order valence-corrected chi connectivity index (χ3v) is 1.95. The summed E-state index contributed by atoms with van der Waals surface area (Å²) in [4.78, 5) is 3.39. The minimum Gasteiger partial charge on any atom is -0.258 e. The summed E-state index contributed by atoms with van der Waals surface area (Å²) in [7, 11) is 0. The van der Waals surface area contributed by atoms with Crippen molar-refractivity contribution in [3.8, 4) is 0 Å². The highest BCUT2D eigenvalue weighted by atomic mass is 19.4. The minimum absolute atomic E-state index is 0.641. The predicted octanol–water partition coefficient (Wildman–Crippen LogP) is 3.38. The summed E-state index contributed by atoms with van der Waals surface area (Å²) in [6.45, 7) is 3.12. The van der Waals surface area contributed by atoms with Gasteiger partial charge in [-0.15, -0.1) is 6.58 Å². The lowest BCUT2D eigenvalue weighted by Gasteiger charge is -2.25. The summed E-state index contributed by atoms with van der Waals surface area (Å²) in [5.74, 6) is 0. The zero-order valence-electron chi connectivity index (χ0n) is 7.76. The van der Waals surface area contributed by atoms with Gasteiger partial charge in [-0.1, -0.05) is 12.1 Å². The lowest BCUT2D eigenvalue weighted by molar-refractivity contribution is -0.236. The Kier molecular flexibility index (Phi) is 3.12. The number of aromatic nitrogens is 1. The van der Waals surface area contributed by atoms with Crippen LogP contribution >= 0.6 is 0 Å². The molecule has 0 aromatic carbocycles. The highest BCUT2D eigenvalue weighted by Crippen LogP contribution is 2.44. The third-order valence-electron chi connectivity index (χ3n) is 1.95. The molecule has 0 N–H and O–H groups in total. The maximum absolute atomic E-state index is 13.8. The Hall–Kier alpha value is -1.39. The van der Waals surface area contributed by atoms with E-state index >= 15 is 0 Å². The molecule has 0 aliphatic carbocycles. The van der Waals surface area contributed by atoms with Gasteiger partial charge in [-0.05, 0) is 12.1 Å². The first-order valence-electron chi connectivity index (χ1n) is 4.20. The zero-order chi connectivity index (χ0) is 11.5. The van der Waals surface area contributed by atoms with E-state index in [4.69, 9.17) is 0 Å². The van der Waals surface area contributed by atoms with E-state index in [0.29, 0.717) is 0 Å². The van der Waals surface area contributed by atoms with Crippen LogP contribution in [0.3, 0.4) is 0 Å². The number of rotatable bonds is 3. The Labute approximate surface area is 84.4 Å². The van der Waals surface area contributed by atoms with Gasteiger partial charge in [0.2, 0.25) is 5.67 Å². The van der Waals surface area contributed by atoms with Crippen LogP contribution in [-0.4, -0.2) is 11.2 Å². The second kappa shape index (κ2) is 4.00. The van der Waals surface area contributed by atoms with Crippen molar-refractivity contribution in [3.05, 3.63) is 42.7 Å². The van der Waals surface area contributed by atoms with Crippen molar-refractivity contribution in [2.45, 2.75) is 18.3 Å². The number of hydrogen-bond donors (Lipinski definition) is 0. The molecule has 1 heterocycles. The number of alkyl halides is 4. The molecule has 0 aliphatic rings. The topological polar surface area (TPSA) is 12.9 Å². The summed E-state index contributed by atoms with van der Waals surface area (Å²) in [6, 6.07) is 3.75. The van der Waals surface area contributed by atoms with Gasteiger partial charge >= 0.3 is 6.18 Å². The van der Waals surface area contributed by atoms with Crippen molar-refractivity contribution >= 4 is 0 Å². The smallest absolute Gasteiger partial charge is 0.258 e. The van der Waals surface area contributed by atoms with Gasteiger partial charge in [0.05, 0.1) is 5.69 Å². The van der Waals surface area contributed by atoms with E-state index in [-0.39, 0.29) is 0 Å². The van der Waals surface area contributed by atoms with Crippen molar-refractivity contribution in [3.63, 3.8) is 0 Å². The lowest BCUT2D eigenvalue weighted by Crippen LogP contribution is -2.38. The van der Waals surface area contributed by atoms with Crippen LogP contribution in [0, 0.1) is 0 Å². The molecule has 0 amide bonds. The van der Waals surface area contributed by atoms with E-state index in [1.165, 1.54) is 12.1 Å². The first-order chi connectivity index (χ1) is 6.92. The van der Waals surface area contributed by atoms with Crippen molar-refractivity contribution < 1.29 is 17.6 Å². The van der Waals surface area contributed by atoms with Crippen molar-refractivity contribution in [2.75, 3.05) is 0 Å². The van der Waals surface area contributed by atoms with Gasteiger partial charge in [-0.25, -0.2) is 4.39 Å². The van der Waals surface area contributed by atoms with Gasteiger partial charge in [0.25, 0.3) is 0 Å². The van der Waals surface area contributed by atoms with E-state index in [9.17, 15) is 17.6 Å². The summed E-state index contributed by atoms with van der Waals surface area (Å²) >= 11 is 0. The van der Waals surface area contributed by atoms with Crippen LogP contribution in [0.5, 0.6) is 0 Å². The van der Waals surface area contributed by atoms with Gasteiger partial charge in [0.1, 0.15) is 0 Å². The average Bonchev–Trinajstić information content (AvgIpc) is 2.18. The summed E-state index contributed by atoms with van der Waals surface area (Å²) in [5.41, 5.74) is -4.09. The van der Waals surface area contributed by atoms with E-state index in [0.717, 1.165) is 18.3 Å². The van der Waals surface area contributed by atoms with Crippen LogP contribution in [0.15, 0.2) is 37.1 Å². The van der Waals surface area contributed by atoms with Gasteiger partial charge < -0.3 is 0 Å². The van der Waals surface area contributed by atoms with Crippen LogP contribution in [0.1, 0.15) is 12.1 Å². The lowest BCUT2D eigenvalue weighted by atomic mass is 9.96. The largest absolute Gasteiger partial charge is 0.428 e. The monoisotopic (exact) mass is 219 g/mol. The molecule has 0 saturated heterocycles. The molecule has 0 fully saturated rings. The molecule has 5 heteroatoms. The Morgan fingerprint density at radius 3 is 2.33 bits per heavy atom. The number of pyridine rings is 1. The molecule has 0 aliphatic heterocycles. The fourth-order valence-electron chi connectivity index (χ4n) is 1.16. The molecular formula is C10H9F4N. The molecule has 0 saturated carbocycles. The first-order valence-corrected chi connectivity index (χ1v) is 4.20. The Morgan fingerprint density at radius 1 is 1.27 bits per heavy atom. The molecule has 0 bridgehead atoms. The Balaban J connectivity index is 3.18. The summed E-state index contributed by atoms with van der Waals surface area (Å²) in [5, 5.41) is 0. The van der Waals surface area contributed by atoms with Gasteiger partial charge in [0.15, 0.2) is 0 Å². The van der Waals surface area contributed by atoms with Crippen LogP contribution in [0.2, 0.25) is 0 Å². The number of hydrogen-bond acceptors (Lipinski definition) is 1. The fourth-order valence-corrected chi connectivity index (χ4v) is 1.16. The summed E-state index contributed by atoms with van der Waals surface area (Å²) in [6.07, 6.45) is -3.82. The quantitative estimate of drug-likeness (QED) is 0.561. The molecule has 82 valence electrons. The molecule has 1 atom stereocenters. The first kappa shape index (κ1) is 11.7. The third kappa shape index (κ3) is 2.16. The molecule has 1 aromatic heterocycles. The molecule has 0 spiro atoms. The Bertz CT molecular complexity index is 333. The van der Waals surface area contributed by atoms with Crippen molar-refractivity contribution in [1.82, 2.24) is 4.98 Å². The maximum atomic E-state index is 13.8.